The van der Waals surface area contributed by atoms with Crippen LogP contribution in [0, 0.1) is 11.3 Å². The number of rotatable bonds is 7. The van der Waals surface area contributed by atoms with E-state index in [0.29, 0.717) is 11.3 Å². The van der Waals surface area contributed by atoms with Gasteiger partial charge < -0.3 is 19.3 Å². The molecule has 0 spiro atoms. The maximum Gasteiger partial charge on any atom is 0.343 e. The number of hydrogen-bond acceptors (Lipinski definition) is 7. The maximum absolute atomic E-state index is 12.1. The predicted octanol–water partition coefficient (Wildman–Crippen LogP) is 3.09. The van der Waals surface area contributed by atoms with Gasteiger partial charge in [-0.05, 0) is 42.5 Å². The van der Waals surface area contributed by atoms with E-state index < -0.39 is 11.9 Å². The highest BCUT2D eigenvalue weighted by atomic mass is 16.5. The smallest absolute Gasteiger partial charge is 0.343 e. The van der Waals surface area contributed by atoms with Gasteiger partial charge in [-0.15, -0.1) is 0 Å². The first kappa shape index (κ1) is 19.5. The molecule has 0 amide bonds. The molecular formula is C20H17NO6. The van der Waals surface area contributed by atoms with Gasteiger partial charge in [0.2, 0.25) is 0 Å². The second kappa shape index (κ2) is 9.63. The first-order valence-electron chi connectivity index (χ1n) is 7.94. The fraction of sp³-hybridized carbons (Fsp3) is 0.150. The van der Waals surface area contributed by atoms with E-state index in [1.54, 1.807) is 12.1 Å². The van der Waals surface area contributed by atoms with E-state index in [1.807, 2.05) is 6.07 Å². The number of esters is 2. The first-order valence-corrected chi connectivity index (χ1v) is 7.94. The Morgan fingerprint density at radius 2 is 1.93 bits per heavy atom. The first-order chi connectivity index (χ1) is 13.0. The lowest BCUT2D eigenvalue weighted by Gasteiger charge is -2.09. The van der Waals surface area contributed by atoms with Crippen LogP contribution >= 0.6 is 0 Å². The van der Waals surface area contributed by atoms with Gasteiger partial charge in [0.1, 0.15) is 23.9 Å². The Labute approximate surface area is 156 Å². The molecule has 0 aliphatic carbocycles. The number of nitrogens with zero attached hydrogens (tertiary/aromatic N) is 1. The minimum atomic E-state index is -0.582. The molecule has 7 nitrogen and oxygen atoms in total. The fourth-order valence-electron chi connectivity index (χ4n) is 2.06. The molecule has 0 bridgehead atoms. The molecule has 0 radical (unpaired) electrons. The monoisotopic (exact) mass is 367 g/mol. The second-order valence-corrected chi connectivity index (χ2v) is 5.25. The Balaban J connectivity index is 2.06. The highest BCUT2D eigenvalue weighted by Crippen LogP contribution is 2.26. The molecule has 27 heavy (non-hydrogen) atoms. The number of nitriles is 1. The van der Waals surface area contributed by atoms with Crippen LogP contribution in [0.4, 0.5) is 0 Å². The van der Waals surface area contributed by atoms with E-state index in [9.17, 15) is 14.7 Å². The van der Waals surface area contributed by atoms with Crippen LogP contribution in [0.15, 0.2) is 48.5 Å². The third-order valence-electron chi connectivity index (χ3n) is 3.38. The number of phenolic OH excluding ortho intramolecular Hbond substituents is 1. The van der Waals surface area contributed by atoms with Gasteiger partial charge in [0.15, 0.2) is 0 Å². The van der Waals surface area contributed by atoms with Crippen molar-refractivity contribution in [1.82, 2.24) is 0 Å². The lowest BCUT2D eigenvalue weighted by Crippen LogP contribution is -2.08. The number of hydrogen-bond donors (Lipinski definition) is 1. The van der Waals surface area contributed by atoms with Crippen LogP contribution in [0.1, 0.15) is 22.3 Å². The number of phenols is 1. The van der Waals surface area contributed by atoms with Crippen LogP contribution in [-0.2, 0) is 9.53 Å². The van der Waals surface area contributed by atoms with Gasteiger partial charge in [0.05, 0.1) is 25.2 Å². The standard InChI is InChI=1S/C20H17NO6/c1-25-18-13-17(27-20(24)15-3-7-16(22)8-4-15)9-5-14(18)6-10-19(23)26-12-2-11-21/h3-10,13,22H,2,12H2,1H3/b10-6+. The topological polar surface area (TPSA) is 106 Å². The van der Waals surface area contributed by atoms with Gasteiger partial charge >= 0.3 is 11.9 Å². The summed E-state index contributed by atoms with van der Waals surface area (Å²) in [4.78, 5) is 23.6. The van der Waals surface area contributed by atoms with Crippen molar-refractivity contribution in [2.24, 2.45) is 0 Å². The number of methoxy groups -OCH3 is 1. The van der Waals surface area contributed by atoms with Crippen LogP contribution in [0.5, 0.6) is 17.2 Å². The van der Waals surface area contributed by atoms with Gasteiger partial charge in [-0.25, -0.2) is 9.59 Å². The van der Waals surface area contributed by atoms with Crippen molar-refractivity contribution in [1.29, 1.82) is 5.26 Å². The van der Waals surface area contributed by atoms with Crippen molar-refractivity contribution in [3.63, 3.8) is 0 Å². The van der Waals surface area contributed by atoms with Crippen molar-refractivity contribution in [3.05, 3.63) is 59.7 Å². The number of carbonyl (C=O) groups excluding carboxylic acids is 2. The molecule has 0 saturated carbocycles. The molecule has 0 fully saturated rings. The van der Waals surface area contributed by atoms with E-state index in [0.717, 1.165) is 0 Å². The Kier molecular flexibility index (Phi) is 6.97. The van der Waals surface area contributed by atoms with E-state index in [1.165, 1.54) is 49.6 Å². The normalized spacial score (nSPS) is 10.2. The molecule has 0 unspecified atom stereocenters. The molecule has 0 atom stereocenters. The molecular weight excluding hydrogens is 350 g/mol. The van der Waals surface area contributed by atoms with Crippen LogP contribution in [0.25, 0.3) is 6.08 Å². The van der Waals surface area contributed by atoms with E-state index in [4.69, 9.17) is 19.5 Å². The van der Waals surface area contributed by atoms with Crippen LogP contribution in [-0.4, -0.2) is 30.8 Å². The van der Waals surface area contributed by atoms with E-state index in [2.05, 4.69) is 0 Å². The van der Waals surface area contributed by atoms with Gasteiger partial charge in [-0.2, -0.15) is 5.26 Å². The highest BCUT2D eigenvalue weighted by Gasteiger charge is 2.11. The van der Waals surface area contributed by atoms with Crippen molar-refractivity contribution in [2.45, 2.75) is 6.42 Å². The van der Waals surface area contributed by atoms with E-state index in [-0.39, 0.29) is 30.1 Å². The summed E-state index contributed by atoms with van der Waals surface area (Å²) in [7, 11) is 1.45. The summed E-state index contributed by atoms with van der Waals surface area (Å²) in [5, 5.41) is 17.7. The number of carbonyl (C=O) groups is 2. The number of aromatic hydroxyl groups is 1. The summed E-state index contributed by atoms with van der Waals surface area (Å²) in [6.45, 7) is 0.0307. The molecule has 138 valence electrons. The van der Waals surface area contributed by atoms with Gasteiger partial charge in [-0.1, -0.05) is 0 Å². The van der Waals surface area contributed by atoms with Crippen LogP contribution in [0.3, 0.4) is 0 Å². The summed E-state index contributed by atoms with van der Waals surface area (Å²) in [5.41, 5.74) is 0.870. The molecule has 0 aliphatic heterocycles. The SMILES string of the molecule is COc1cc(OC(=O)c2ccc(O)cc2)ccc1/C=C/C(=O)OCCC#N. The van der Waals surface area contributed by atoms with Crippen LogP contribution < -0.4 is 9.47 Å². The predicted molar refractivity (Wildman–Crippen MR) is 96.3 cm³/mol. The van der Waals surface area contributed by atoms with Crippen LogP contribution in [0.2, 0.25) is 0 Å². The summed E-state index contributed by atoms with van der Waals surface area (Å²) in [5.74, 6) is -0.446. The second-order valence-electron chi connectivity index (χ2n) is 5.25. The molecule has 0 aromatic heterocycles. The molecule has 0 heterocycles. The van der Waals surface area contributed by atoms with Gasteiger partial charge in [-0.3, -0.25) is 0 Å². The lowest BCUT2D eigenvalue weighted by atomic mass is 10.1. The minimum Gasteiger partial charge on any atom is -0.508 e. The Bertz CT molecular complexity index is 880. The average Bonchev–Trinajstić information content (AvgIpc) is 2.67. The van der Waals surface area contributed by atoms with Crippen molar-refractivity contribution in [3.8, 4) is 23.3 Å². The zero-order chi connectivity index (χ0) is 19.6. The fourth-order valence-corrected chi connectivity index (χ4v) is 2.06. The van der Waals surface area contributed by atoms with Crippen molar-refractivity contribution in [2.75, 3.05) is 13.7 Å². The van der Waals surface area contributed by atoms with Crippen molar-refractivity contribution >= 4 is 18.0 Å². The summed E-state index contributed by atoms with van der Waals surface area (Å²) >= 11 is 0. The minimum absolute atomic E-state index is 0.0307. The lowest BCUT2D eigenvalue weighted by molar-refractivity contribution is -0.137. The zero-order valence-corrected chi connectivity index (χ0v) is 14.5. The largest absolute Gasteiger partial charge is 0.508 e. The molecule has 2 rings (SSSR count). The molecule has 2 aromatic carbocycles. The quantitative estimate of drug-likeness (QED) is 0.347. The Hall–Kier alpha value is -3.79. The molecule has 2 aromatic rings. The third-order valence-corrected chi connectivity index (χ3v) is 3.38. The summed E-state index contributed by atoms with van der Waals surface area (Å²) in [6.07, 6.45) is 2.85. The zero-order valence-electron chi connectivity index (χ0n) is 14.5. The van der Waals surface area contributed by atoms with Gasteiger partial charge in [0.25, 0.3) is 0 Å². The van der Waals surface area contributed by atoms with Gasteiger partial charge in [0, 0.05) is 17.7 Å². The summed E-state index contributed by atoms with van der Waals surface area (Å²) < 4.78 is 15.4. The Morgan fingerprint density at radius 1 is 1.19 bits per heavy atom. The van der Waals surface area contributed by atoms with E-state index >= 15 is 0 Å². The summed E-state index contributed by atoms with van der Waals surface area (Å²) in [6, 6.07) is 12.2. The third kappa shape index (κ3) is 5.90. The number of benzene rings is 2. The molecule has 7 heteroatoms. The number of ether oxygens (including phenoxy) is 3. The van der Waals surface area contributed by atoms with Crippen molar-refractivity contribution < 1.29 is 28.9 Å². The molecule has 0 aliphatic rings. The molecule has 1 N–H and O–H groups in total. The maximum atomic E-state index is 12.1. The highest BCUT2D eigenvalue weighted by molar-refractivity contribution is 5.91. The average molecular weight is 367 g/mol. The molecule has 0 saturated heterocycles. The Morgan fingerprint density at radius 3 is 2.59 bits per heavy atom.